The molecule has 2 aromatic rings. The van der Waals surface area contributed by atoms with Crippen molar-refractivity contribution in [3.05, 3.63) is 29.6 Å². The van der Waals surface area contributed by atoms with Gasteiger partial charge in [-0.3, -0.25) is 9.78 Å². The van der Waals surface area contributed by atoms with Gasteiger partial charge in [-0.1, -0.05) is 12.8 Å². The normalized spacial score (nSPS) is 19.5. The van der Waals surface area contributed by atoms with Crippen LogP contribution in [0.1, 0.15) is 55.6 Å². The van der Waals surface area contributed by atoms with Crippen molar-refractivity contribution < 1.29 is 4.79 Å². The Hall–Kier alpha value is -2.38. The van der Waals surface area contributed by atoms with E-state index in [1.54, 1.807) is 11.0 Å². The van der Waals surface area contributed by atoms with Crippen LogP contribution >= 0.6 is 0 Å². The maximum atomic E-state index is 13.0. The predicted octanol–water partition coefficient (Wildman–Crippen LogP) is 2.33. The fraction of sp³-hybridized carbons (Fsp3) is 0.647. The van der Waals surface area contributed by atoms with Crippen molar-refractivity contribution in [2.75, 3.05) is 6.54 Å². The number of likely N-dealkylation sites (tertiary alicyclic amines) is 1. The molecule has 1 fully saturated rings. The van der Waals surface area contributed by atoms with Crippen LogP contribution in [0.15, 0.2) is 12.7 Å². The summed E-state index contributed by atoms with van der Waals surface area (Å²) in [7, 11) is 0. The van der Waals surface area contributed by atoms with Crippen molar-refractivity contribution in [3.8, 4) is 0 Å². The van der Waals surface area contributed by atoms with E-state index in [2.05, 4.69) is 25.6 Å². The van der Waals surface area contributed by atoms with Gasteiger partial charge in [-0.25, -0.2) is 9.78 Å². The molecule has 0 spiro atoms. The van der Waals surface area contributed by atoms with Crippen LogP contribution in [0.2, 0.25) is 0 Å². The Morgan fingerprint density at radius 3 is 2.92 bits per heavy atom. The molecule has 0 unspecified atom stereocenters. The van der Waals surface area contributed by atoms with E-state index in [1.807, 2.05) is 25.7 Å². The second kappa shape index (κ2) is 7.67. The molecule has 25 heavy (non-hydrogen) atoms. The number of amides is 2. The lowest BCUT2D eigenvalue weighted by Crippen LogP contribution is -2.46. The summed E-state index contributed by atoms with van der Waals surface area (Å²) in [6.45, 7) is 7.40. The minimum absolute atomic E-state index is 0.0143. The Labute approximate surface area is 148 Å². The number of nitrogens with zero attached hydrogens (tertiary/aromatic N) is 5. The molecule has 0 saturated carbocycles. The highest BCUT2D eigenvalue weighted by Gasteiger charge is 2.30. The van der Waals surface area contributed by atoms with Gasteiger partial charge in [0.2, 0.25) is 0 Å². The third-order valence-electron chi connectivity index (χ3n) is 4.83. The molecule has 8 heteroatoms. The van der Waals surface area contributed by atoms with Crippen molar-refractivity contribution in [1.29, 1.82) is 0 Å². The molecule has 2 aromatic heterocycles. The minimum Gasteiger partial charge on any atom is -0.334 e. The van der Waals surface area contributed by atoms with E-state index in [4.69, 9.17) is 0 Å². The molecule has 1 aliphatic heterocycles. The molecule has 2 amide bonds. The Balaban J connectivity index is 1.73. The topological polar surface area (TPSA) is 91.7 Å². The molecule has 0 bridgehead atoms. The third-order valence-corrected chi connectivity index (χ3v) is 4.83. The first-order valence-corrected chi connectivity index (χ1v) is 8.97. The van der Waals surface area contributed by atoms with Crippen LogP contribution in [0.3, 0.4) is 0 Å². The molecule has 3 rings (SSSR count). The molecular weight excluding hydrogens is 318 g/mol. The molecule has 1 saturated heterocycles. The lowest BCUT2D eigenvalue weighted by atomic mass is 9.99. The number of aromatic amines is 1. The van der Waals surface area contributed by atoms with Gasteiger partial charge in [-0.2, -0.15) is 10.2 Å². The van der Waals surface area contributed by atoms with E-state index < -0.39 is 0 Å². The first-order chi connectivity index (χ1) is 12.1. The van der Waals surface area contributed by atoms with Crippen LogP contribution in [0.5, 0.6) is 0 Å². The van der Waals surface area contributed by atoms with Crippen molar-refractivity contribution in [3.63, 3.8) is 0 Å². The number of urea groups is 1. The maximum Gasteiger partial charge on any atom is 0.318 e. The first kappa shape index (κ1) is 17.4. The minimum atomic E-state index is -0.0235. The average molecular weight is 345 g/mol. The molecule has 2 atom stereocenters. The highest BCUT2D eigenvalue weighted by Crippen LogP contribution is 2.33. The molecule has 8 nitrogen and oxygen atoms in total. The second-order valence-corrected chi connectivity index (χ2v) is 6.87. The number of aryl methyl sites for hydroxylation is 2. The number of carbonyl (C=O) groups is 1. The third kappa shape index (κ3) is 4.00. The van der Waals surface area contributed by atoms with Gasteiger partial charge in [-0.15, -0.1) is 0 Å². The smallest absolute Gasteiger partial charge is 0.318 e. The molecule has 3 heterocycles. The zero-order chi connectivity index (χ0) is 17.8. The number of carbonyl (C=O) groups excluding carboxylic acids is 1. The van der Waals surface area contributed by atoms with Crippen LogP contribution in [0.4, 0.5) is 4.79 Å². The predicted molar refractivity (Wildman–Crippen MR) is 94.0 cm³/mol. The van der Waals surface area contributed by atoms with Gasteiger partial charge < -0.3 is 10.2 Å². The summed E-state index contributed by atoms with van der Waals surface area (Å²) in [6.07, 6.45) is 7.47. The van der Waals surface area contributed by atoms with Gasteiger partial charge in [-0.05, 0) is 33.6 Å². The molecule has 0 aliphatic carbocycles. The van der Waals surface area contributed by atoms with Gasteiger partial charge in [0.1, 0.15) is 12.7 Å². The molecule has 0 aromatic carbocycles. The Kier molecular flexibility index (Phi) is 5.35. The summed E-state index contributed by atoms with van der Waals surface area (Å²) in [5.41, 5.74) is 3.21. The van der Waals surface area contributed by atoms with Crippen molar-refractivity contribution >= 4 is 6.03 Å². The molecule has 1 aliphatic rings. The van der Waals surface area contributed by atoms with E-state index >= 15 is 0 Å². The molecular formula is C17H27N7O. The number of nitrogens with one attached hydrogen (secondary N) is 2. The Morgan fingerprint density at radius 1 is 1.40 bits per heavy atom. The quantitative estimate of drug-likeness (QED) is 0.889. The lowest BCUT2D eigenvalue weighted by molar-refractivity contribution is 0.171. The fourth-order valence-corrected chi connectivity index (χ4v) is 3.65. The van der Waals surface area contributed by atoms with Crippen LogP contribution in [0.25, 0.3) is 0 Å². The van der Waals surface area contributed by atoms with E-state index in [0.29, 0.717) is 6.54 Å². The Bertz CT molecular complexity index is 674. The van der Waals surface area contributed by atoms with Crippen molar-refractivity contribution in [1.82, 2.24) is 35.2 Å². The van der Waals surface area contributed by atoms with Crippen LogP contribution in [0, 0.1) is 13.8 Å². The number of hydrogen-bond donors (Lipinski definition) is 2. The van der Waals surface area contributed by atoms with Crippen LogP contribution in [-0.2, 0) is 6.54 Å². The van der Waals surface area contributed by atoms with Crippen LogP contribution < -0.4 is 5.32 Å². The van der Waals surface area contributed by atoms with E-state index in [1.165, 1.54) is 11.9 Å². The van der Waals surface area contributed by atoms with Gasteiger partial charge in [0.25, 0.3) is 0 Å². The SMILES string of the molecule is Cc1n[nH]c(C)c1[C@@H]1CCCCCN1C(=O)N[C@H](C)Cn1cncn1. The average Bonchev–Trinajstić information content (AvgIpc) is 3.11. The number of rotatable bonds is 4. The zero-order valence-corrected chi connectivity index (χ0v) is 15.2. The summed E-state index contributed by atoms with van der Waals surface area (Å²) in [4.78, 5) is 18.9. The summed E-state index contributed by atoms with van der Waals surface area (Å²) in [5, 5.41) is 14.6. The lowest BCUT2D eigenvalue weighted by Gasteiger charge is -2.32. The highest BCUT2D eigenvalue weighted by atomic mass is 16.2. The standard InChI is InChI=1S/C17H27N7O/c1-12(9-23-11-18-10-19-23)20-17(25)24-8-6-4-5-7-15(24)16-13(2)21-22-14(16)3/h10-12,15H,4-9H2,1-3H3,(H,20,25)(H,21,22)/t12-,15+/m1/s1. The zero-order valence-electron chi connectivity index (χ0n) is 15.2. The number of hydrogen-bond acceptors (Lipinski definition) is 4. The monoisotopic (exact) mass is 345 g/mol. The summed E-state index contributed by atoms with van der Waals surface area (Å²) in [6, 6.07) is 0.0454. The van der Waals surface area contributed by atoms with E-state index in [0.717, 1.165) is 43.6 Å². The van der Waals surface area contributed by atoms with Crippen molar-refractivity contribution in [2.45, 2.75) is 65.1 Å². The highest BCUT2D eigenvalue weighted by molar-refractivity contribution is 5.75. The van der Waals surface area contributed by atoms with Crippen LogP contribution in [-0.4, -0.2) is 48.5 Å². The van der Waals surface area contributed by atoms with Gasteiger partial charge >= 0.3 is 6.03 Å². The maximum absolute atomic E-state index is 13.0. The van der Waals surface area contributed by atoms with E-state index in [9.17, 15) is 4.79 Å². The second-order valence-electron chi connectivity index (χ2n) is 6.87. The summed E-state index contributed by atoms with van der Waals surface area (Å²) >= 11 is 0. The summed E-state index contributed by atoms with van der Waals surface area (Å²) in [5.74, 6) is 0. The Morgan fingerprint density at radius 2 is 2.24 bits per heavy atom. The largest absolute Gasteiger partial charge is 0.334 e. The molecule has 0 radical (unpaired) electrons. The number of H-pyrrole nitrogens is 1. The molecule has 2 N–H and O–H groups in total. The number of aromatic nitrogens is 5. The molecule has 136 valence electrons. The van der Waals surface area contributed by atoms with Gasteiger partial charge in [0.15, 0.2) is 0 Å². The van der Waals surface area contributed by atoms with Crippen molar-refractivity contribution in [2.24, 2.45) is 0 Å². The fourth-order valence-electron chi connectivity index (χ4n) is 3.65. The van der Waals surface area contributed by atoms with Gasteiger partial charge in [0.05, 0.1) is 18.3 Å². The van der Waals surface area contributed by atoms with E-state index in [-0.39, 0.29) is 18.1 Å². The van der Waals surface area contributed by atoms with Gasteiger partial charge in [0, 0.05) is 23.8 Å². The summed E-state index contributed by atoms with van der Waals surface area (Å²) < 4.78 is 1.73. The first-order valence-electron chi connectivity index (χ1n) is 8.97.